The largest absolute Gasteiger partial charge is 0.229 e. The van der Waals surface area contributed by atoms with Crippen LogP contribution in [0.3, 0.4) is 0 Å². The average Bonchev–Trinajstić information content (AvgIpc) is 2.60. The van der Waals surface area contributed by atoms with Gasteiger partial charge in [-0.2, -0.15) is 0 Å². The number of hydrogen-bond acceptors (Lipinski definition) is 2. The van der Waals surface area contributed by atoms with Gasteiger partial charge in [0.1, 0.15) is 0 Å². The molecule has 2 unspecified atom stereocenters. The molecule has 2 nitrogen and oxygen atoms in total. The maximum Gasteiger partial charge on any atom is 0.150 e. The third-order valence-corrected chi connectivity index (χ3v) is 5.36. The summed E-state index contributed by atoms with van der Waals surface area (Å²) in [4.78, 5) is 0. The molecule has 88 valence electrons. The molecule has 1 aliphatic heterocycles. The highest BCUT2D eigenvalue weighted by atomic mass is 35.5. The minimum absolute atomic E-state index is 0.0697. The zero-order valence-electron chi connectivity index (χ0n) is 8.97. The Hall–Kier alpha value is -0.540. The van der Waals surface area contributed by atoms with E-state index in [2.05, 4.69) is 0 Å². The number of benzene rings is 1. The van der Waals surface area contributed by atoms with E-state index in [0.717, 1.165) is 6.42 Å². The minimum atomic E-state index is -2.82. The van der Waals surface area contributed by atoms with Crippen molar-refractivity contribution in [3.8, 4) is 0 Å². The fraction of sp³-hybridized carbons (Fsp3) is 0.500. The van der Waals surface area contributed by atoms with Crippen LogP contribution < -0.4 is 0 Å². The van der Waals surface area contributed by atoms with Crippen LogP contribution in [0, 0.1) is 5.92 Å². The molecule has 0 radical (unpaired) electrons. The molecular formula is C12H15ClO2S. The van der Waals surface area contributed by atoms with Gasteiger partial charge in [-0.25, -0.2) is 8.42 Å². The highest BCUT2D eigenvalue weighted by molar-refractivity contribution is 7.91. The van der Waals surface area contributed by atoms with Crippen molar-refractivity contribution in [3.05, 3.63) is 35.9 Å². The molecule has 1 heterocycles. The zero-order chi connectivity index (χ0) is 11.6. The highest BCUT2D eigenvalue weighted by Gasteiger charge is 2.32. The average molecular weight is 259 g/mol. The lowest BCUT2D eigenvalue weighted by Gasteiger charge is -2.15. The summed E-state index contributed by atoms with van der Waals surface area (Å²) in [7, 11) is -2.82. The van der Waals surface area contributed by atoms with Crippen molar-refractivity contribution < 1.29 is 8.42 Å². The van der Waals surface area contributed by atoms with Crippen LogP contribution in [0.25, 0.3) is 0 Å². The first kappa shape index (κ1) is 11.9. The lowest BCUT2D eigenvalue weighted by molar-refractivity contribution is 0.550. The van der Waals surface area contributed by atoms with E-state index in [1.807, 2.05) is 30.3 Å². The molecule has 0 aromatic heterocycles. The number of halogens is 1. The number of alkyl halides is 1. The maximum absolute atomic E-state index is 11.3. The van der Waals surface area contributed by atoms with Crippen LogP contribution in [0.2, 0.25) is 0 Å². The molecule has 0 amide bonds. The summed E-state index contributed by atoms with van der Waals surface area (Å²) in [5, 5.41) is -0.0697. The second kappa shape index (κ2) is 4.76. The molecule has 1 saturated heterocycles. The first-order valence-corrected chi connectivity index (χ1v) is 7.71. The van der Waals surface area contributed by atoms with E-state index in [-0.39, 0.29) is 17.0 Å². The number of rotatable bonds is 3. The predicted molar refractivity (Wildman–Crippen MR) is 66.5 cm³/mol. The van der Waals surface area contributed by atoms with Gasteiger partial charge in [-0.15, -0.1) is 11.6 Å². The van der Waals surface area contributed by atoms with Gasteiger partial charge >= 0.3 is 0 Å². The molecule has 1 aliphatic rings. The molecule has 4 heteroatoms. The first-order valence-electron chi connectivity index (χ1n) is 5.45. The van der Waals surface area contributed by atoms with Crippen LogP contribution in [0.15, 0.2) is 30.3 Å². The van der Waals surface area contributed by atoms with Crippen molar-refractivity contribution in [3.63, 3.8) is 0 Å². The van der Waals surface area contributed by atoms with Crippen LogP contribution in [0.5, 0.6) is 0 Å². The molecule has 2 rings (SSSR count). The quantitative estimate of drug-likeness (QED) is 0.780. The first-order chi connectivity index (χ1) is 7.57. The Labute approximate surface area is 102 Å². The molecule has 0 saturated carbocycles. The van der Waals surface area contributed by atoms with Crippen molar-refractivity contribution in [1.29, 1.82) is 0 Å². The molecule has 16 heavy (non-hydrogen) atoms. The second-order valence-electron chi connectivity index (χ2n) is 4.37. The normalized spacial score (nSPS) is 25.4. The van der Waals surface area contributed by atoms with Crippen LogP contribution in [0.4, 0.5) is 0 Å². The molecule has 0 aliphatic carbocycles. The smallest absolute Gasteiger partial charge is 0.150 e. The van der Waals surface area contributed by atoms with E-state index in [0.29, 0.717) is 12.2 Å². The van der Waals surface area contributed by atoms with Gasteiger partial charge < -0.3 is 0 Å². The number of sulfone groups is 1. The molecule has 1 fully saturated rings. The van der Waals surface area contributed by atoms with E-state index in [9.17, 15) is 8.42 Å². The Balaban J connectivity index is 1.97. The molecular weight excluding hydrogens is 244 g/mol. The zero-order valence-corrected chi connectivity index (χ0v) is 10.5. The van der Waals surface area contributed by atoms with E-state index in [4.69, 9.17) is 11.6 Å². The Morgan fingerprint density at radius 2 is 2.00 bits per heavy atom. The summed E-state index contributed by atoms with van der Waals surface area (Å²) in [6.07, 6.45) is 1.46. The van der Waals surface area contributed by atoms with Gasteiger partial charge in [-0.3, -0.25) is 0 Å². The summed E-state index contributed by atoms with van der Waals surface area (Å²) < 4.78 is 22.7. The van der Waals surface area contributed by atoms with Crippen molar-refractivity contribution in [2.24, 2.45) is 5.92 Å². The lowest BCUT2D eigenvalue weighted by Crippen LogP contribution is -2.18. The SMILES string of the molecule is O=S1(=O)CCC(C(Cl)Cc2ccccc2)C1. The third-order valence-electron chi connectivity index (χ3n) is 3.05. The summed E-state index contributed by atoms with van der Waals surface area (Å²) >= 11 is 6.28. The topological polar surface area (TPSA) is 34.1 Å². The summed E-state index contributed by atoms with van der Waals surface area (Å²) in [6, 6.07) is 9.97. The van der Waals surface area contributed by atoms with E-state index in [1.54, 1.807) is 0 Å². The second-order valence-corrected chi connectivity index (χ2v) is 7.16. The van der Waals surface area contributed by atoms with Crippen molar-refractivity contribution in [1.82, 2.24) is 0 Å². The Kier molecular flexibility index (Phi) is 3.55. The summed E-state index contributed by atoms with van der Waals surface area (Å²) in [5.41, 5.74) is 1.17. The van der Waals surface area contributed by atoms with Crippen LogP contribution in [-0.4, -0.2) is 25.3 Å². The van der Waals surface area contributed by atoms with Gasteiger partial charge in [-0.1, -0.05) is 30.3 Å². The fourth-order valence-corrected chi connectivity index (χ4v) is 4.49. The minimum Gasteiger partial charge on any atom is -0.229 e. The molecule has 2 atom stereocenters. The van der Waals surface area contributed by atoms with Gasteiger partial charge in [0.15, 0.2) is 9.84 Å². The maximum atomic E-state index is 11.3. The van der Waals surface area contributed by atoms with Gasteiger partial charge in [0, 0.05) is 5.38 Å². The Morgan fingerprint density at radius 3 is 2.56 bits per heavy atom. The predicted octanol–water partition coefficient (Wildman–Crippen LogP) is 2.27. The van der Waals surface area contributed by atoms with Gasteiger partial charge in [0.2, 0.25) is 0 Å². The molecule has 1 aromatic rings. The summed E-state index contributed by atoms with van der Waals surface area (Å²) in [6.45, 7) is 0. The van der Waals surface area contributed by atoms with E-state index >= 15 is 0 Å². The van der Waals surface area contributed by atoms with Crippen LogP contribution in [0.1, 0.15) is 12.0 Å². The Bertz CT molecular complexity index is 441. The van der Waals surface area contributed by atoms with Crippen LogP contribution in [-0.2, 0) is 16.3 Å². The monoisotopic (exact) mass is 258 g/mol. The highest BCUT2D eigenvalue weighted by Crippen LogP contribution is 2.27. The van der Waals surface area contributed by atoms with E-state index in [1.165, 1.54) is 5.56 Å². The van der Waals surface area contributed by atoms with Crippen molar-refractivity contribution in [2.45, 2.75) is 18.2 Å². The van der Waals surface area contributed by atoms with Gasteiger partial charge in [0.25, 0.3) is 0 Å². The standard InChI is InChI=1S/C12H15ClO2S/c13-12(8-10-4-2-1-3-5-10)11-6-7-16(14,15)9-11/h1-5,11-12H,6-9H2. The molecule has 0 bridgehead atoms. The third kappa shape index (κ3) is 2.98. The lowest BCUT2D eigenvalue weighted by atomic mass is 9.98. The fourth-order valence-electron chi connectivity index (χ4n) is 2.11. The molecule has 1 aromatic carbocycles. The van der Waals surface area contributed by atoms with E-state index < -0.39 is 9.84 Å². The molecule has 0 spiro atoms. The number of hydrogen-bond donors (Lipinski definition) is 0. The Morgan fingerprint density at radius 1 is 1.31 bits per heavy atom. The van der Waals surface area contributed by atoms with Crippen molar-refractivity contribution >= 4 is 21.4 Å². The van der Waals surface area contributed by atoms with Crippen LogP contribution >= 0.6 is 11.6 Å². The van der Waals surface area contributed by atoms with Gasteiger partial charge in [0.05, 0.1) is 11.5 Å². The molecule has 0 N–H and O–H groups in total. The van der Waals surface area contributed by atoms with Crippen molar-refractivity contribution in [2.75, 3.05) is 11.5 Å². The summed E-state index contributed by atoms with van der Waals surface area (Å²) in [5.74, 6) is 0.677. The van der Waals surface area contributed by atoms with Gasteiger partial charge in [-0.05, 0) is 24.3 Å².